The second-order valence-corrected chi connectivity index (χ2v) is 11.6. The van der Waals surface area contributed by atoms with Gasteiger partial charge in [0.05, 0.1) is 19.0 Å². The summed E-state index contributed by atoms with van der Waals surface area (Å²) in [7, 11) is 1.65. The third-order valence-corrected chi connectivity index (χ3v) is 7.37. The van der Waals surface area contributed by atoms with E-state index >= 15 is 0 Å². The van der Waals surface area contributed by atoms with Crippen molar-refractivity contribution in [2.45, 2.75) is 46.1 Å². The fourth-order valence-electron chi connectivity index (χ4n) is 5.15. The van der Waals surface area contributed by atoms with Gasteiger partial charge in [-0.05, 0) is 94.5 Å². The summed E-state index contributed by atoms with van der Waals surface area (Å²) in [6, 6.07) is 13.6. The Kier molecular flexibility index (Phi) is 8.33. The Morgan fingerprint density at radius 1 is 1.05 bits per heavy atom. The molecule has 1 saturated heterocycles. The number of anilines is 2. The highest BCUT2D eigenvalue weighted by atomic mass is 16.6. The van der Waals surface area contributed by atoms with Crippen molar-refractivity contribution in [1.29, 1.82) is 0 Å². The van der Waals surface area contributed by atoms with Crippen LogP contribution in [-0.4, -0.2) is 63.6 Å². The lowest BCUT2D eigenvalue weighted by molar-refractivity contribution is 0.0500. The number of hydrogen-bond donors (Lipinski definition) is 2. The van der Waals surface area contributed by atoms with E-state index in [2.05, 4.69) is 20.6 Å². The number of hydrogen-bond acceptors (Lipinski definition) is 7. The molecule has 10 heteroatoms. The highest BCUT2D eigenvalue weighted by molar-refractivity contribution is 5.96. The second-order valence-electron chi connectivity index (χ2n) is 11.6. The molecule has 42 heavy (non-hydrogen) atoms. The fourth-order valence-corrected chi connectivity index (χ4v) is 5.15. The maximum Gasteiger partial charge on any atom is 0.407 e. The number of aryl methyl sites for hydroxylation is 1. The lowest BCUT2D eigenvalue weighted by Crippen LogP contribution is -2.42. The summed E-state index contributed by atoms with van der Waals surface area (Å²) in [6.07, 6.45) is 6.71. The first kappa shape index (κ1) is 28.9. The number of fused-ring (bicyclic) bond motifs is 1. The van der Waals surface area contributed by atoms with Crippen LogP contribution in [0.1, 0.15) is 49.5 Å². The molecular weight excluding hydrogens is 532 g/mol. The monoisotopic (exact) mass is 570 g/mol. The molecule has 0 saturated carbocycles. The van der Waals surface area contributed by atoms with Gasteiger partial charge in [0.15, 0.2) is 11.5 Å². The van der Waals surface area contributed by atoms with Crippen LogP contribution < -0.4 is 15.4 Å². The SMILES string of the molecule is COc1ccc(-c2cnc3c(Nc4ccc(C(=O)N5CCC(CNC(=O)OC(C)(C)C)CC5)c(C)c4)nccn23)cc1. The summed E-state index contributed by atoms with van der Waals surface area (Å²) in [6.45, 7) is 9.34. The molecule has 2 aromatic carbocycles. The van der Waals surface area contributed by atoms with Crippen molar-refractivity contribution in [3.05, 3.63) is 72.2 Å². The molecule has 1 aliphatic heterocycles. The number of methoxy groups -OCH3 is 1. The molecule has 2 amide bonds. The van der Waals surface area contributed by atoms with E-state index in [9.17, 15) is 9.59 Å². The number of benzene rings is 2. The van der Waals surface area contributed by atoms with Gasteiger partial charge >= 0.3 is 6.09 Å². The molecule has 1 fully saturated rings. The normalized spacial score (nSPS) is 14.1. The van der Waals surface area contributed by atoms with Crippen LogP contribution in [0, 0.1) is 12.8 Å². The van der Waals surface area contributed by atoms with Crippen molar-refractivity contribution in [2.75, 3.05) is 32.1 Å². The van der Waals surface area contributed by atoms with Crippen LogP contribution in [-0.2, 0) is 4.74 Å². The van der Waals surface area contributed by atoms with E-state index in [1.54, 1.807) is 13.3 Å². The average Bonchev–Trinajstić information content (AvgIpc) is 3.41. The minimum Gasteiger partial charge on any atom is -0.497 e. The number of imidazole rings is 1. The van der Waals surface area contributed by atoms with Gasteiger partial charge in [0.1, 0.15) is 11.4 Å². The lowest BCUT2D eigenvalue weighted by Gasteiger charge is -2.32. The highest BCUT2D eigenvalue weighted by Crippen LogP contribution is 2.28. The minimum atomic E-state index is -0.521. The quantitative estimate of drug-likeness (QED) is 0.288. The lowest BCUT2D eigenvalue weighted by atomic mass is 9.96. The van der Waals surface area contributed by atoms with Gasteiger partial charge in [0.25, 0.3) is 5.91 Å². The number of alkyl carbamates (subject to hydrolysis) is 1. The van der Waals surface area contributed by atoms with Crippen LogP contribution in [0.15, 0.2) is 61.1 Å². The summed E-state index contributed by atoms with van der Waals surface area (Å²) in [5, 5.41) is 6.23. The first-order valence-electron chi connectivity index (χ1n) is 14.2. The second kappa shape index (κ2) is 12.1. The van der Waals surface area contributed by atoms with Crippen molar-refractivity contribution < 1.29 is 19.1 Å². The third kappa shape index (κ3) is 6.64. The molecule has 10 nitrogen and oxygen atoms in total. The molecule has 0 spiro atoms. The van der Waals surface area contributed by atoms with E-state index in [0.29, 0.717) is 42.6 Å². The maximum absolute atomic E-state index is 13.4. The number of piperidine rings is 1. The largest absolute Gasteiger partial charge is 0.497 e. The van der Waals surface area contributed by atoms with Crippen molar-refractivity contribution in [3.63, 3.8) is 0 Å². The number of ether oxygens (including phenoxy) is 2. The van der Waals surface area contributed by atoms with Gasteiger partial charge in [-0.2, -0.15) is 0 Å². The first-order chi connectivity index (χ1) is 20.1. The number of nitrogens with one attached hydrogen (secondary N) is 2. The van der Waals surface area contributed by atoms with Crippen LogP contribution in [0.4, 0.5) is 16.3 Å². The topological polar surface area (TPSA) is 110 Å². The van der Waals surface area contributed by atoms with Crippen LogP contribution in [0.3, 0.4) is 0 Å². The zero-order chi connectivity index (χ0) is 29.9. The number of carbonyl (C=O) groups is 2. The Bertz CT molecular complexity index is 1570. The Hall–Kier alpha value is -4.60. The Labute approximate surface area is 246 Å². The molecule has 4 aromatic rings. The van der Waals surface area contributed by atoms with Crippen molar-refractivity contribution in [3.8, 4) is 17.0 Å². The molecular formula is C32H38N6O4. The van der Waals surface area contributed by atoms with Gasteiger partial charge in [-0.1, -0.05) is 0 Å². The Morgan fingerprint density at radius 3 is 2.45 bits per heavy atom. The molecule has 1 aliphatic rings. The molecule has 2 aromatic heterocycles. The molecule has 0 atom stereocenters. The third-order valence-electron chi connectivity index (χ3n) is 7.37. The van der Waals surface area contributed by atoms with Crippen LogP contribution in [0.25, 0.3) is 16.9 Å². The van der Waals surface area contributed by atoms with Gasteiger partial charge in [0, 0.05) is 48.8 Å². The number of rotatable bonds is 7. The average molecular weight is 571 g/mol. The Balaban J connectivity index is 1.21. The zero-order valence-corrected chi connectivity index (χ0v) is 24.8. The standard InChI is InChI=1S/C32H38N6O4/c1-21-18-24(36-28-29-34-20-27(38(29)17-14-33-28)23-6-9-25(41-5)10-7-23)8-11-26(21)30(39)37-15-12-22(13-16-37)19-35-31(40)42-32(2,3)4/h6-11,14,17-18,20,22H,12-13,15-16,19H2,1-5H3,(H,33,36)(H,35,40). The van der Waals surface area contributed by atoms with E-state index < -0.39 is 11.7 Å². The van der Waals surface area contributed by atoms with Crippen molar-refractivity contribution in [2.24, 2.45) is 5.92 Å². The number of nitrogens with zero attached hydrogens (tertiary/aromatic N) is 4. The first-order valence-corrected chi connectivity index (χ1v) is 14.2. The van der Waals surface area contributed by atoms with E-state index in [4.69, 9.17) is 9.47 Å². The fraction of sp³-hybridized carbons (Fsp3) is 0.375. The zero-order valence-electron chi connectivity index (χ0n) is 24.8. The highest BCUT2D eigenvalue weighted by Gasteiger charge is 2.26. The molecule has 220 valence electrons. The summed E-state index contributed by atoms with van der Waals surface area (Å²) in [4.78, 5) is 36.4. The summed E-state index contributed by atoms with van der Waals surface area (Å²) < 4.78 is 12.6. The van der Waals surface area contributed by atoms with Crippen LogP contribution >= 0.6 is 0 Å². The predicted molar refractivity (Wildman–Crippen MR) is 162 cm³/mol. The van der Waals surface area contributed by atoms with Gasteiger partial charge in [0.2, 0.25) is 0 Å². The Morgan fingerprint density at radius 2 is 1.79 bits per heavy atom. The van der Waals surface area contributed by atoms with Crippen LogP contribution in [0.2, 0.25) is 0 Å². The minimum absolute atomic E-state index is 0.0234. The van der Waals surface area contributed by atoms with Gasteiger partial charge < -0.3 is 25.0 Å². The number of amides is 2. The summed E-state index contributed by atoms with van der Waals surface area (Å²) in [5.41, 5.74) is 4.53. The molecule has 3 heterocycles. The van der Waals surface area contributed by atoms with Gasteiger partial charge in [-0.25, -0.2) is 14.8 Å². The number of likely N-dealkylation sites (tertiary alicyclic amines) is 1. The number of aromatic nitrogens is 3. The maximum atomic E-state index is 13.4. The van der Waals surface area contributed by atoms with Crippen molar-refractivity contribution in [1.82, 2.24) is 24.6 Å². The predicted octanol–water partition coefficient (Wildman–Crippen LogP) is 5.83. The molecule has 0 bridgehead atoms. The van der Waals surface area contributed by atoms with E-state index in [0.717, 1.165) is 41.1 Å². The summed E-state index contributed by atoms with van der Waals surface area (Å²) in [5.74, 6) is 1.76. The molecule has 0 radical (unpaired) electrons. The summed E-state index contributed by atoms with van der Waals surface area (Å²) >= 11 is 0. The number of carbonyl (C=O) groups excluding carboxylic acids is 2. The smallest absolute Gasteiger partial charge is 0.407 e. The van der Waals surface area contributed by atoms with Crippen LogP contribution in [0.5, 0.6) is 5.75 Å². The van der Waals surface area contributed by atoms with E-state index in [-0.39, 0.29) is 5.91 Å². The van der Waals surface area contributed by atoms with E-state index in [1.165, 1.54) is 0 Å². The van der Waals surface area contributed by atoms with Gasteiger partial charge in [-0.3, -0.25) is 9.20 Å². The molecule has 5 rings (SSSR count). The van der Waals surface area contributed by atoms with Gasteiger partial charge in [-0.15, -0.1) is 0 Å². The van der Waals surface area contributed by atoms with Crippen molar-refractivity contribution >= 4 is 29.2 Å². The molecule has 2 N–H and O–H groups in total. The van der Waals surface area contributed by atoms with E-state index in [1.807, 2.05) is 91.9 Å². The molecule has 0 aliphatic carbocycles. The molecule has 0 unspecified atom stereocenters.